The summed E-state index contributed by atoms with van der Waals surface area (Å²) in [6.07, 6.45) is 5.58. The van der Waals surface area contributed by atoms with E-state index < -0.39 is 18.8 Å². The number of nitrogens with one attached hydrogen (secondary N) is 3. The topological polar surface area (TPSA) is 109 Å². The van der Waals surface area contributed by atoms with Crippen LogP contribution < -0.4 is 21.7 Å². The van der Waals surface area contributed by atoms with E-state index in [1.165, 1.54) is 6.20 Å². The number of allylic oxidation sites excluding steroid dienone is 3. The smallest absolute Gasteiger partial charge is 0.402 e. The molecule has 0 spiro atoms. The number of nitrogens with zero attached hydrogens (tertiary/aromatic N) is 3. The Morgan fingerprint density at radius 3 is 2.69 bits per heavy atom. The van der Waals surface area contributed by atoms with Gasteiger partial charge in [-0.15, -0.1) is 0 Å². The van der Waals surface area contributed by atoms with Crippen molar-refractivity contribution in [3.8, 4) is 11.3 Å². The van der Waals surface area contributed by atoms with Crippen LogP contribution in [0.3, 0.4) is 0 Å². The van der Waals surface area contributed by atoms with Gasteiger partial charge in [-0.05, 0) is 37.3 Å². The first kappa shape index (κ1) is 22.7. The third-order valence-electron chi connectivity index (χ3n) is 4.35. The van der Waals surface area contributed by atoms with Gasteiger partial charge in [0.05, 0.1) is 23.8 Å². The van der Waals surface area contributed by atoms with Crippen LogP contribution in [-0.4, -0.2) is 40.2 Å². The number of pyridine rings is 2. The number of amides is 2. The number of hydrogen-bond acceptors (Lipinski definition) is 5. The van der Waals surface area contributed by atoms with E-state index in [1.807, 2.05) is 35.9 Å². The maximum Gasteiger partial charge on any atom is 0.405 e. The number of fused-ring (bicyclic) bond motifs is 1. The van der Waals surface area contributed by atoms with E-state index in [2.05, 4.69) is 20.6 Å². The van der Waals surface area contributed by atoms with Gasteiger partial charge in [-0.25, -0.2) is 9.78 Å². The summed E-state index contributed by atoms with van der Waals surface area (Å²) in [6, 6.07) is 4.43. The summed E-state index contributed by atoms with van der Waals surface area (Å²) < 4.78 is 38.6. The molecule has 0 aliphatic carbocycles. The van der Waals surface area contributed by atoms with Crippen LogP contribution in [0.25, 0.3) is 22.6 Å². The molecule has 8 nitrogen and oxygen atoms in total. The Morgan fingerprint density at radius 1 is 1.22 bits per heavy atom. The van der Waals surface area contributed by atoms with E-state index >= 15 is 0 Å². The van der Waals surface area contributed by atoms with E-state index in [-0.39, 0.29) is 5.69 Å². The SMILES string of the molecule is CN/C(=C\C=C(\C)N)c1ccn2c(-c3cncc(NC(=O)NCC(F)(F)F)c3)cnc2c1. The van der Waals surface area contributed by atoms with Crippen molar-refractivity contribution in [2.75, 3.05) is 18.9 Å². The highest BCUT2D eigenvalue weighted by Crippen LogP contribution is 2.24. The van der Waals surface area contributed by atoms with E-state index in [9.17, 15) is 18.0 Å². The van der Waals surface area contributed by atoms with Crippen LogP contribution in [0.1, 0.15) is 12.5 Å². The van der Waals surface area contributed by atoms with Gasteiger partial charge < -0.3 is 21.7 Å². The van der Waals surface area contributed by atoms with Crippen molar-refractivity contribution in [1.82, 2.24) is 25.0 Å². The second-order valence-electron chi connectivity index (χ2n) is 6.91. The molecule has 3 rings (SSSR count). The lowest BCUT2D eigenvalue weighted by molar-refractivity contribution is -0.122. The molecule has 0 unspecified atom stereocenters. The highest BCUT2D eigenvalue weighted by atomic mass is 19.4. The average molecular weight is 445 g/mol. The maximum atomic E-state index is 12.3. The van der Waals surface area contributed by atoms with Gasteiger partial charge in [0, 0.05) is 42.0 Å². The number of nitrogens with two attached hydrogens (primary N) is 1. The first-order valence-corrected chi connectivity index (χ1v) is 9.52. The summed E-state index contributed by atoms with van der Waals surface area (Å²) in [7, 11) is 1.81. The fraction of sp³-hybridized carbons (Fsp3) is 0.190. The predicted molar refractivity (Wildman–Crippen MR) is 116 cm³/mol. The Morgan fingerprint density at radius 2 is 2.00 bits per heavy atom. The highest BCUT2D eigenvalue weighted by Gasteiger charge is 2.27. The molecule has 3 heterocycles. The molecule has 0 saturated carbocycles. The molecule has 0 aliphatic rings. The number of halogens is 3. The maximum absolute atomic E-state index is 12.3. The second kappa shape index (κ2) is 9.41. The summed E-state index contributed by atoms with van der Waals surface area (Å²) in [5.74, 6) is 0. The van der Waals surface area contributed by atoms with Crippen molar-refractivity contribution in [2.24, 2.45) is 5.73 Å². The first-order chi connectivity index (χ1) is 15.2. The number of carbonyl (C=O) groups is 1. The summed E-state index contributed by atoms with van der Waals surface area (Å²) in [4.78, 5) is 20.2. The summed E-state index contributed by atoms with van der Waals surface area (Å²) in [5.41, 5.74) is 10.4. The largest absolute Gasteiger partial charge is 0.405 e. The average Bonchev–Trinajstić information content (AvgIpc) is 3.16. The monoisotopic (exact) mass is 445 g/mol. The van der Waals surface area contributed by atoms with Crippen molar-refractivity contribution in [3.63, 3.8) is 0 Å². The Hall–Kier alpha value is -4.02. The Labute approximate surface area is 182 Å². The Kier molecular flexibility index (Phi) is 6.67. The standard InChI is InChI=1S/C21H22F3N7O/c1-13(25)3-4-17(26-2)14-5-6-31-18(11-28-19(31)8-14)15-7-16(10-27-9-15)30-20(32)29-12-21(22,23)24/h3-11,26H,12,25H2,1-2H3,(H2,29,30,32)/b13-3-,17-4-. The molecule has 0 saturated heterocycles. The molecule has 2 amide bonds. The number of imidazole rings is 1. The Bertz CT molecular complexity index is 1180. The van der Waals surface area contributed by atoms with Crippen molar-refractivity contribution in [1.29, 1.82) is 0 Å². The van der Waals surface area contributed by atoms with Gasteiger partial charge in [0.1, 0.15) is 12.2 Å². The van der Waals surface area contributed by atoms with Gasteiger partial charge in [-0.3, -0.25) is 9.38 Å². The van der Waals surface area contributed by atoms with Crippen molar-refractivity contribution in [2.45, 2.75) is 13.1 Å². The van der Waals surface area contributed by atoms with Crippen molar-refractivity contribution in [3.05, 3.63) is 66.4 Å². The van der Waals surface area contributed by atoms with Crippen molar-refractivity contribution >= 4 is 23.1 Å². The zero-order valence-electron chi connectivity index (χ0n) is 17.4. The van der Waals surface area contributed by atoms with Crippen LogP contribution in [0.5, 0.6) is 0 Å². The summed E-state index contributed by atoms with van der Waals surface area (Å²) >= 11 is 0. The van der Waals surface area contributed by atoms with Crippen LogP contribution in [-0.2, 0) is 0 Å². The minimum atomic E-state index is -4.49. The molecule has 0 aliphatic heterocycles. The predicted octanol–water partition coefficient (Wildman–Crippen LogP) is 3.50. The van der Waals surface area contributed by atoms with Gasteiger partial charge in [0.25, 0.3) is 0 Å². The fourth-order valence-electron chi connectivity index (χ4n) is 2.90. The third kappa shape index (κ3) is 5.78. The third-order valence-corrected chi connectivity index (χ3v) is 4.35. The molecule has 5 N–H and O–H groups in total. The number of carbonyl (C=O) groups excluding carboxylic acids is 1. The molecular formula is C21H22F3N7O. The Balaban J connectivity index is 1.84. The molecular weight excluding hydrogens is 423 g/mol. The van der Waals surface area contributed by atoms with E-state index in [0.717, 1.165) is 11.3 Å². The number of alkyl halides is 3. The molecule has 168 valence electrons. The quantitative estimate of drug-likeness (QED) is 0.434. The van der Waals surface area contributed by atoms with Crippen LogP contribution in [0.2, 0.25) is 0 Å². The lowest BCUT2D eigenvalue weighted by Crippen LogP contribution is -2.36. The number of aromatic nitrogens is 3. The van der Waals surface area contributed by atoms with Crippen LogP contribution in [0.15, 0.2) is 60.8 Å². The summed E-state index contributed by atoms with van der Waals surface area (Å²) in [5, 5.41) is 7.22. The van der Waals surface area contributed by atoms with Gasteiger partial charge >= 0.3 is 12.2 Å². The van der Waals surface area contributed by atoms with Gasteiger partial charge in [0.2, 0.25) is 0 Å². The zero-order valence-corrected chi connectivity index (χ0v) is 17.4. The molecule has 3 aromatic rings. The second-order valence-corrected chi connectivity index (χ2v) is 6.91. The first-order valence-electron chi connectivity index (χ1n) is 9.52. The lowest BCUT2D eigenvalue weighted by Gasteiger charge is -2.11. The van der Waals surface area contributed by atoms with E-state index in [0.29, 0.717) is 22.6 Å². The highest BCUT2D eigenvalue weighted by molar-refractivity contribution is 5.89. The van der Waals surface area contributed by atoms with Crippen LogP contribution >= 0.6 is 0 Å². The fourth-order valence-corrected chi connectivity index (χ4v) is 2.90. The van der Waals surface area contributed by atoms with E-state index in [1.54, 1.807) is 36.8 Å². The van der Waals surface area contributed by atoms with Crippen molar-refractivity contribution < 1.29 is 18.0 Å². The molecule has 32 heavy (non-hydrogen) atoms. The minimum absolute atomic E-state index is 0.248. The molecule has 0 radical (unpaired) electrons. The van der Waals surface area contributed by atoms with Crippen LogP contribution in [0, 0.1) is 0 Å². The van der Waals surface area contributed by atoms with Gasteiger partial charge in [-0.2, -0.15) is 13.2 Å². The normalized spacial score (nSPS) is 12.7. The number of rotatable bonds is 6. The van der Waals surface area contributed by atoms with Crippen LogP contribution in [0.4, 0.5) is 23.7 Å². The molecule has 0 aromatic carbocycles. The molecule has 11 heteroatoms. The zero-order chi connectivity index (χ0) is 23.3. The lowest BCUT2D eigenvalue weighted by atomic mass is 10.1. The molecule has 0 bridgehead atoms. The molecule has 0 atom stereocenters. The molecule has 0 fully saturated rings. The number of hydrogen-bond donors (Lipinski definition) is 4. The molecule has 3 aromatic heterocycles. The van der Waals surface area contributed by atoms with Gasteiger partial charge in [-0.1, -0.05) is 0 Å². The van der Waals surface area contributed by atoms with Gasteiger partial charge in [0.15, 0.2) is 0 Å². The number of anilines is 1. The summed E-state index contributed by atoms with van der Waals surface area (Å²) in [6.45, 7) is 0.371. The minimum Gasteiger partial charge on any atom is -0.402 e. The van der Waals surface area contributed by atoms with E-state index in [4.69, 9.17) is 5.73 Å². The number of urea groups is 1.